The Kier molecular flexibility index (Phi) is 4.23. The maximum atomic E-state index is 13.8. The number of halogens is 3. The molecule has 2 aromatic carbocycles. The quantitative estimate of drug-likeness (QED) is 0.889. The van der Waals surface area contributed by atoms with E-state index in [1.54, 1.807) is 18.2 Å². The Morgan fingerprint density at radius 1 is 1.00 bits per heavy atom. The summed E-state index contributed by atoms with van der Waals surface area (Å²) in [5, 5.41) is 9.83. The second-order valence-corrected chi connectivity index (χ2v) is 4.76. The van der Waals surface area contributed by atoms with Crippen LogP contribution in [0.15, 0.2) is 36.4 Å². The third kappa shape index (κ3) is 2.83. The largest absolute Gasteiger partial charge is 0.396 e. The molecule has 0 heterocycles. The van der Waals surface area contributed by atoms with Crippen LogP contribution in [0.2, 0.25) is 10.0 Å². The van der Waals surface area contributed by atoms with E-state index in [1.807, 2.05) is 6.07 Å². The predicted molar refractivity (Wildman–Crippen MR) is 72.6 cm³/mol. The lowest BCUT2D eigenvalue weighted by Gasteiger charge is -2.09. The van der Waals surface area contributed by atoms with Crippen molar-refractivity contribution in [3.05, 3.63) is 57.8 Å². The summed E-state index contributed by atoms with van der Waals surface area (Å²) in [5.41, 5.74) is 1.85. The number of aliphatic hydroxyl groups excluding tert-OH is 1. The molecule has 1 nitrogen and oxygen atoms in total. The van der Waals surface area contributed by atoms with E-state index in [2.05, 4.69) is 0 Å². The first-order valence-electron chi connectivity index (χ1n) is 5.46. The molecule has 0 bridgehead atoms. The van der Waals surface area contributed by atoms with Crippen LogP contribution in [0.4, 0.5) is 4.39 Å². The van der Waals surface area contributed by atoms with Gasteiger partial charge in [-0.25, -0.2) is 4.39 Å². The van der Waals surface area contributed by atoms with Gasteiger partial charge in [-0.15, -0.1) is 0 Å². The van der Waals surface area contributed by atoms with Crippen LogP contribution in [0.25, 0.3) is 11.1 Å². The highest BCUT2D eigenvalue weighted by atomic mass is 35.5. The first kappa shape index (κ1) is 13.3. The van der Waals surface area contributed by atoms with Gasteiger partial charge in [0.25, 0.3) is 0 Å². The van der Waals surface area contributed by atoms with Gasteiger partial charge in [-0.05, 0) is 42.3 Å². The highest BCUT2D eigenvalue weighted by molar-refractivity contribution is 6.33. The van der Waals surface area contributed by atoms with E-state index in [0.717, 1.165) is 5.56 Å². The fraction of sp³-hybridized carbons (Fsp3) is 0.143. The number of hydrogen-bond donors (Lipinski definition) is 1. The van der Waals surface area contributed by atoms with Crippen molar-refractivity contribution in [3.63, 3.8) is 0 Å². The van der Waals surface area contributed by atoms with Gasteiger partial charge in [0.1, 0.15) is 5.82 Å². The first-order valence-corrected chi connectivity index (χ1v) is 6.22. The molecule has 2 aromatic rings. The van der Waals surface area contributed by atoms with Crippen LogP contribution in [-0.4, -0.2) is 11.7 Å². The molecule has 0 aliphatic carbocycles. The third-order valence-corrected chi connectivity index (χ3v) is 3.21. The Morgan fingerprint density at radius 2 is 1.78 bits per heavy atom. The molecule has 0 saturated heterocycles. The zero-order chi connectivity index (χ0) is 13.1. The van der Waals surface area contributed by atoms with Gasteiger partial charge in [-0.1, -0.05) is 29.3 Å². The molecule has 0 amide bonds. The first-order chi connectivity index (χ1) is 8.61. The zero-order valence-electron chi connectivity index (χ0n) is 9.46. The lowest BCUT2D eigenvalue weighted by atomic mass is 10.0. The molecule has 0 aliphatic heterocycles. The minimum absolute atomic E-state index is 0.0408. The summed E-state index contributed by atoms with van der Waals surface area (Å²) in [7, 11) is 0. The normalized spacial score (nSPS) is 10.7. The maximum absolute atomic E-state index is 13.8. The van der Waals surface area contributed by atoms with E-state index in [0.29, 0.717) is 27.6 Å². The summed E-state index contributed by atoms with van der Waals surface area (Å²) < 4.78 is 13.8. The standard InChI is InChI=1S/C14H11Cl2FO/c15-10-2-4-14(17)12(8-10)11-7-9(5-6-18)1-3-13(11)16/h1-4,7-8,18H,5-6H2. The van der Waals surface area contributed by atoms with Gasteiger partial charge in [-0.2, -0.15) is 0 Å². The van der Waals surface area contributed by atoms with E-state index in [9.17, 15) is 4.39 Å². The third-order valence-electron chi connectivity index (χ3n) is 2.65. The number of aliphatic hydroxyl groups is 1. The second-order valence-electron chi connectivity index (χ2n) is 3.91. The Morgan fingerprint density at radius 3 is 2.50 bits per heavy atom. The monoisotopic (exact) mass is 284 g/mol. The van der Waals surface area contributed by atoms with E-state index in [4.69, 9.17) is 28.3 Å². The Bertz CT molecular complexity index is 570. The molecule has 1 N–H and O–H groups in total. The molecule has 94 valence electrons. The van der Waals surface area contributed by atoms with Gasteiger partial charge in [0.2, 0.25) is 0 Å². The van der Waals surface area contributed by atoms with Crippen molar-refractivity contribution in [1.29, 1.82) is 0 Å². The van der Waals surface area contributed by atoms with Crippen LogP contribution in [0.1, 0.15) is 5.56 Å². The van der Waals surface area contributed by atoms with Gasteiger partial charge >= 0.3 is 0 Å². The molecular formula is C14H11Cl2FO. The summed E-state index contributed by atoms with van der Waals surface area (Å²) in [6.07, 6.45) is 0.506. The topological polar surface area (TPSA) is 20.2 Å². The van der Waals surface area contributed by atoms with Gasteiger partial charge in [0, 0.05) is 27.8 Å². The van der Waals surface area contributed by atoms with E-state index in [1.165, 1.54) is 12.1 Å². The SMILES string of the molecule is OCCc1ccc(Cl)c(-c2cc(Cl)ccc2F)c1. The zero-order valence-corrected chi connectivity index (χ0v) is 11.0. The molecule has 4 heteroatoms. The van der Waals surface area contributed by atoms with Crippen molar-refractivity contribution in [1.82, 2.24) is 0 Å². The maximum Gasteiger partial charge on any atom is 0.131 e. The fourth-order valence-corrected chi connectivity index (χ4v) is 2.16. The van der Waals surface area contributed by atoms with E-state index >= 15 is 0 Å². The summed E-state index contributed by atoms with van der Waals surface area (Å²) in [6, 6.07) is 9.62. The van der Waals surface area contributed by atoms with Crippen LogP contribution < -0.4 is 0 Å². The molecule has 2 rings (SSSR count). The van der Waals surface area contributed by atoms with E-state index in [-0.39, 0.29) is 12.4 Å². The molecule has 18 heavy (non-hydrogen) atoms. The lowest BCUT2D eigenvalue weighted by molar-refractivity contribution is 0.299. The molecule has 0 spiro atoms. The highest BCUT2D eigenvalue weighted by Crippen LogP contribution is 2.32. The molecule has 0 fully saturated rings. The van der Waals surface area contributed by atoms with Crippen LogP contribution >= 0.6 is 23.2 Å². The van der Waals surface area contributed by atoms with Crippen molar-refractivity contribution in [2.45, 2.75) is 6.42 Å². The fourth-order valence-electron chi connectivity index (χ4n) is 1.77. The van der Waals surface area contributed by atoms with Crippen molar-refractivity contribution < 1.29 is 9.50 Å². The van der Waals surface area contributed by atoms with Crippen LogP contribution in [0, 0.1) is 5.82 Å². The van der Waals surface area contributed by atoms with Crippen molar-refractivity contribution >= 4 is 23.2 Å². The van der Waals surface area contributed by atoms with Gasteiger partial charge in [0.15, 0.2) is 0 Å². The molecule has 0 aromatic heterocycles. The van der Waals surface area contributed by atoms with Crippen LogP contribution in [0.5, 0.6) is 0 Å². The number of benzene rings is 2. The Labute approximate surface area is 115 Å². The highest BCUT2D eigenvalue weighted by Gasteiger charge is 2.10. The summed E-state index contributed by atoms with van der Waals surface area (Å²) in [6.45, 7) is 0.0408. The van der Waals surface area contributed by atoms with Crippen molar-refractivity contribution in [2.75, 3.05) is 6.61 Å². The van der Waals surface area contributed by atoms with Gasteiger partial charge in [0.05, 0.1) is 0 Å². The summed E-state index contributed by atoms with van der Waals surface area (Å²) >= 11 is 12.0. The Balaban J connectivity index is 2.55. The second kappa shape index (κ2) is 5.70. The van der Waals surface area contributed by atoms with Crippen molar-refractivity contribution in [2.24, 2.45) is 0 Å². The average molecular weight is 285 g/mol. The molecule has 0 radical (unpaired) electrons. The van der Waals surface area contributed by atoms with E-state index < -0.39 is 0 Å². The molecular weight excluding hydrogens is 274 g/mol. The summed E-state index contributed by atoms with van der Waals surface area (Å²) in [4.78, 5) is 0. The minimum atomic E-state index is -0.373. The smallest absolute Gasteiger partial charge is 0.131 e. The summed E-state index contributed by atoms with van der Waals surface area (Å²) in [5.74, 6) is -0.373. The van der Waals surface area contributed by atoms with Gasteiger partial charge < -0.3 is 5.11 Å². The predicted octanol–water partition coefficient (Wildman–Crippen LogP) is 4.33. The molecule has 0 aliphatic rings. The molecule has 0 saturated carbocycles. The number of hydrogen-bond acceptors (Lipinski definition) is 1. The Hall–Kier alpha value is -1.09. The van der Waals surface area contributed by atoms with Gasteiger partial charge in [-0.3, -0.25) is 0 Å². The molecule has 0 atom stereocenters. The number of rotatable bonds is 3. The van der Waals surface area contributed by atoms with Crippen LogP contribution in [0.3, 0.4) is 0 Å². The average Bonchev–Trinajstić information content (AvgIpc) is 2.35. The lowest BCUT2D eigenvalue weighted by Crippen LogP contribution is -1.93. The van der Waals surface area contributed by atoms with Crippen molar-refractivity contribution in [3.8, 4) is 11.1 Å². The van der Waals surface area contributed by atoms with Crippen LogP contribution in [-0.2, 0) is 6.42 Å². The minimum Gasteiger partial charge on any atom is -0.396 e. The molecule has 0 unspecified atom stereocenters.